The van der Waals surface area contributed by atoms with Crippen LogP contribution in [-0.4, -0.2) is 42.7 Å². The molecule has 1 aromatic carbocycles. The van der Waals surface area contributed by atoms with Crippen LogP contribution in [0.1, 0.15) is 18.5 Å². The molecular formula is C18H20N2O4. The molecule has 0 bridgehead atoms. The number of rotatable bonds is 5. The molecule has 1 fully saturated rings. The van der Waals surface area contributed by atoms with Crippen LogP contribution in [-0.2, 0) is 25.5 Å². The van der Waals surface area contributed by atoms with Crippen molar-refractivity contribution in [1.29, 1.82) is 0 Å². The Labute approximate surface area is 140 Å². The largest absolute Gasteiger partial charge is 0.467 e. The van der Waals surface area contributed by atoms with Crippen LogP contribution in [0.4, 0.5) is 0 Å². The summed E-state index contributed by atoms with van der Waals surface area (Å²) in [5.74, 6) is -0.764. The number of amides is 1. The summed E-state index contributed by atoms with van der Waals surface area (Å²) in [4.78, 5) is 28.8. The highest BCUT2D eigenvalue weighted by atomic mass is 16.5. The third-order valence-electron chi connectivity index (χ3n) is 4.09. The third kappa shape index (κ3) is 3.71. The number of hydrogen-bond donors (Lipinski definition) is 1. The number of pyridine rings is 1. The highest BCUT2D eigenvalue weighted by Gasteiger charge is 2.29. The lowest BCUT2D eigenvalue weighted by Crippen LogP contribution is -2.47. The minimum absolute atomic E-state index is 0.274. The van der Waals surface area contributed by atoms with E-state index in [9.17, 15) is 9.59 Å². The molecule has 2 heterocycles. The molecule has 6 heteroatoms. The summed E-state index contributed by atoms with van der Waals surface area (Å²) in [5, 5.41) is 3.75. The average Bonchev–Trinajstić information content (AvgIpc) is 3.15. The highest BCUT2D eigenvalue weighted by molar-refractivity contribution is 5.87. The van der Waals surface area contributed by atoms with E-state index < -0.39 is 18.1 Å². The van der Waals surface area contributed by atoms with E-state index >= 15 is 0 Å². The third-order valence-corrected chi connectivity index (χ3v) is 4.09. The SMILES string of the molecule is COC(=O)[C@@H](Cc1ccc2ccccc2n1)NC(=O)[C@@H]1CCCO1. The molecular weight excluding hydrogens is 308 g/mol. The molecule has 1 saturated heterocycles. The number of aromatic nitrogens is 1. The molecule has 1 amide bonds. The van der Waals surface area contributed by atoms with Crippen LogP contribution in [0.2, 0.25) is 0 Å². The highest BCUT2D eigenvalue weighted by Crippen LogP contribution is 2.15. The van der Waals surface area contributed by atoms with Crippen molar-refractivity contribution < 1.29 is 19.1 Å². The number of ether oxygens (including phenoxy) is 2. The average molecular weight is 328 g/mol. The number of nitrogens with zero attached hydrogens (tertiary/aromatic N) is 1. The van der Waals surface area contributed by atoms with E-state index in [1.165, 1.54) is 7.11 Å². The quantitative estimate of drug-likeness (QED) is 0.844. The Morgan fingerprint density at radius 3 is 2.92 bits per heavy atom. The summed E-state index contributed by atoms with van der Waals surface area (Å²) in [6, 6.07) is 10.8. The second-order valence-corrected chi connectivity index (χ2v) is 5.79. The van der Waals surface area contributed by atoms with Crippen molar-refractivity contribution in [2.45, 2.75) is 31.4 Å². The Morgan fingerprint density at radius 2 is 2.17 bits per heavy atom. The summed E-state index contributed by atoms with van der Waals surface area (Å²) in [6.07, 6.45) is 1.32. The number of fused-ring (bicyclic) bond motifs is 1. The van der Waals surface area contributed by atoms with Crippen LogP contribution >= 0.6 is 0 Å². The van der Waals surface area contributed by atoms with Crippen molar-refractivity contribution in [1.82, 2.24) is 10.3 Å². The normalized spacial score (nSPS) is 18.3. The topological polar surface area (TPSA) is 77.5 Å². The molecule has 1 aliphatic heterocycles. The van der Waals surface area contributed by atoms with Gasteiger partial charge in [0.25, 0.3) is 0 Å². The summed E-state index contributed by atoms with van der Waals surface area (Å²) < 4.78 is 10.2. The number of carbonyl (C=O) groups excluding carboxylic acids is 2. The lowest BCUT2D eigenvalue weighted by atomic mass is 10.1. The van der Waals surface area contributed by atoms with E-state index in [0.717, 1.165) is 23.0 Å². The second-order valence-electron chi connectivity index (χ2n) is 5.79. The van der Waals surface area contributed by atoms with Gasteiger partial charge in [-0.2, -0.15) is 0 Å². The fourth-order valence-corrected chi connectivity index (χ4v) is 2.82. The smallest absolute Gasteiger partial charge is 0.328 e. The lowest BCUT2D eigenvalue weighted by Gasteiger charge is -2.18. The molecule has 0 unspecified atom stereocenters. The fourth-order valence-electron chi connectivity index (χ4n) is 2.82. The molecule has 3 rings (SSSR count). The standard InChI is InChI=1S/C18H20N2O4/c1-23-18(22)15(20-17(21)16-7-4-10-24-16)11-13-9-8-12-5-2-3-6-14(12)19-13/h2-3,5-6,8-9,15-16H,4,7,10-11H2,1H3,(H,20,21)/t15-,16+/m1/s1. The lowest BCUT2D eigenvalue weighted by molar-refractivity contribution is -0.146. The van der Waals surface area contributed by atoms with E-state index in [-0.39, 0.29) is 12.3 Å². The number of methoxy groups -OCH3 is 1. The van der Waals surface area contributed by atoms with Crippen molar-refractivity contribution >= 4 is 22.8 Å². The first kappa shape index (κ1) is 16.4. The first-order valence-electron chi connectivity index (χ1n) is 8.02. The van der Waals surface area contributed by atoms with E-state index in [4.69, 9.17) is 9.47 Å². The van der Waals surface area contributed by atoms with Crippen molar-refractivity contribution in [3.05, 3.63) is 42.1 Å². The molecule has 2 aromatic rings. The molecule has 0 saturated carbocycles. The van der Waals surface area contributed by atoms with Gasteiger partial charge >= 0.3 is 5.97 Å². The van der Waals surface area contributed by atoms with E-state index in [1.807, 2.05) is 36.4 Å². The molecule has 0 radical (unpaired) electrons. The van der Waals surface area contributed by atoms with Crippen LogP contribution in [0, 0.1) is 0 Å². The predicted molar refractivity (Wildman–Crippen MR) is 88.4 cm³/mol. The van der Waals surface area contributed by atoms with Crippen molar-refractivity contribution in [3.63, 3.8) is 0 Å². The van der Waals surface area contributed by atoms with Crippen LogP contribution < -0.4 is 5.32 Å². The maximum Gasteiger partial charge on any atom is 0.328 e. The van der Waals surface area contributed by atoms with Crippen molar-refractivity contribution in [3.8, 4) is 0 Å². The van der Waals surface area contributed by atoms with Crippen LogP contribution in [0.25, 0.3) is 10.9 Å². The van der Waals surface area contributed by atoms with E-state index in [0.29, 0.717) is 13.0 Å². The van der Waals surface area contributed by atoms with Gasteiger partial charge in [0.05, 0.1) is 12.6 Å². The summed E-state index contributed by atoms with van der Waals surface area (Å²) in [5.41, 5.74) is 1.57. The van der Waals surface area contributed by atoms with Gasteiger partial charge in [0.1, 0.15) is 12.1 Å². The number of hydrogen-bond acceptors (Lipinski definition) is 5. The fraction of sp³-hybridized carbons (Fsp3) is 0.389. The van der Waals surface area contributed by atoms with E-state index in [2.05, 4.69) is 10.3 Å². The Balaban J connectivity index is 1.75. The zero-order valence-electron chi connectivity index (χ0n) is 13.5. The molecule has 126 valence electrons. The zero-order valence-corrected chi connectivity index (χ0v) is 13.5. The summed E-state index contributed by atoms with van der Waals surface area (Å²) in [6.45, 7) is 0.577. The van der Waals surface area contributed by atoms with Gasteiger partial charge in [-0.25, -0.2) is 4.79 Å². The minimum atomic E-state index is -0.777. The predicted octanol–water partition coefficient (Wildman–Crippen LogP) is 1.61. The summed E-state index contributed by atoms with van der Waals surface area (Å²) in [7, 11) is 1.31. The van der Waals surface area contributed by atoms with Gasteiger partial charge in [0.15, 0.2) is 0 Å². The minimum Gasteiger partial charge on any atom is -0.467 e. The molecule has 6 nitrogen and oxygen atoms in total. The summed E-state index contributed by atoms with van der Waals surface area (Å²) >= 11 is 0. The first-order valence-corrected chi connectivity index (χ1v) is 8.02. The molecule has 2 atom stereocenters. The maximum absolute atomic E-state index is 12.2. The Hall–Kier alpha value is -2.47. The zero-order chi connectivity index (χ0) is 16.9. The molecule has 0 aliphatic carbocycles. The monoisotopic (exact) mass is 328 g/mol. The van der Waals surface area contributed by atoms with Gasteiger partial charge < -0.3 is 14.8 Å². The van der Waals surface area contributed by atoms with E-state index in [1.54, 1.807) is 0 Å². The molecule has 1 N–H and O–H groups in total. The van der Waals surface area contributed by atoms with Gasteiger partial charge in [-0.05, 0) is 25.0 Å². The van der Waals surface area contributed by atoms with Crippen molar-refractivity contribution in [2.24, 2.45) is 0 Å². The molecule has 24 heavy (non-hydrogen) atoms. The van der Waals surface area contributed by atoms with Gasteiger partial charge in [0, 0.05) is 24.1 Å². The maximum atomic E-state index is 12.2. The number of nitrogens with one attached hydrogen (secondary N) is 1. The van der Waals surface area contributed by atoms with Gasteiger partial charge in [-0.15, -0.1) is 0 Å². The number of benzene rings is 1. The number of carbonyl (C=O) groups is 2. The number of para-hydroxylation sites is 1. The van der Waals surface area contributed by atoms with Gasteiger partial charge in [-0.1, -0.05) is 24.3 Å². The van der Waals surface area contributed by atoms with Crippen LogP contribution in [0.15, 0.2) is 36.4 Å². The van der Waals surface area contributed by atoms with Gasteiger partial charge in [0.2, 0.25) is 5.91 Å². The molecule has 1 aromatic heterocycles. The second kappa shape index (κ2) is 7.40. The Morgan fingerprint density at radius 1 is 1.33 bits per heavy atom. The Bertz CT molecular complexity index is 741. The van der Waals surface area contributed by atoms with Crippen LogP contribution in [0.3, 0.4) is 0 Å². The van der Waals surface area contributed by atoms with Crippen molar-refractivity contribution in [2.75, 3.05) is 13.7 Å². The number of esters is 1. The molecule has 1 aliphatic rings. The van der Waals surface area contributed by atoms with Crippen LogP contribution in [0.5, 0.6) is 0 Å². The Kier molecular flexibility index (Phi) is 5.05. The molecule has 0 spiro atoms. The first-order chi connectivity index (χ1) is 11.7. The van der Waals surface area contributed by atoms with Gasteiger partial charge in [-0.3, -0.25) is 9.78 Å².